The van der Waals surface area contributed by atoms with E-state index in [1.807, 2.05) is 0 Å². The van der Waals surface area contributed by atoms with E-state index in [-0.39, 0.29) is 5.75 Å². The van der Waals surface area contributed by atoms with Crippen molar-refractivity contribution in [1.29, 1.82) is 0 Å². The second-order valence-corrected chi connectivity index (χ2v) is 5.95. The molecule has 5 heteroatoms. The number of alkyl halides is 3. The normalized spacial score (nSPS) is 23.0. The Morgan fingerprint density at radius 1 is 1.10 bits per heavy atom. The van der Waals surface area contributed by atoms with Crippen LogP contribution in [0.25, 0.3) is 0 Å². The Balaban J connectivity index is 1.71. The van der Waals surface area contributed by atoms with Crippen LogP contribution in [0.4, 0.5) is 13.2 Å². The van der Waals surface area contributed by atoms with Crippen molar-refractivity contribution in [3.05, 3.63) is 29.8 Å². The zero-order chi connectivity index (χ0) is 15.3. The Kier molecular flexibility index (Phi) is 5.51. The summed E-state index contributed by atoms with van der Waals surface area (Å²) >= 11 is 0. The molecule has 0 saturated heterocycles. The Labute approximate surface area is 123 Å². The first-order chi connectivity index (χ1) is 9.92. The quantitative estimate of drug-likeness (QED) is 0.864. The summed E-state index contributed by atoms with van der Waals surface area (Å²) in [7, 11) is 0. The average Bonchev–Trinajstić information content (AvgIpc) is 2.41. The fourth-order valence-corrected chi connectivity index (χ4v) is 2.76. The van der Waals surface area contributed by atoms with Gasteiger partial charge in [0.05, 0.1) is 0 Å². The van der Waals surface area contributed by atoms with Gasteiger partial charge in [-0.1, -0.05) is 31.9 Å². The van der Waals surface area contributed by atoms with Crippen LogP contribution >= 0.6 is 0 Å². The lowest BCUT2D eigenvalue weighted by atomic mass is 9.83. The molecule has 1 aromatic rings. The summed E-state index contributed by atoms with van der Waals surface area (Å²) in [4.78, 5) is 0. The number of rotatable bonds is 5. The Bertz CT molecular complexity index is 422. The second-order valence-electron chi connectivity index (χ2n) is 5.95. The number of ether oxygens (including phenoxy) is 1. The molecule has 1 fully saturated rings. The second kappa shape index (κ2) is 7.16. The summed E-state index contributed by atoms with van der Waals surface area (Å²) in [6.07, 6.45) is 0.516. The number of benzene rings is 1. The van der Waals surface area contributed by atoms with Crippen LogP contribution in [0.3, 0.4) is 0 Å². The predicted molar refractivity (Wildman–Crippen MR) is 76.0 cm³/mol. The molecule has 2 nitrogen and oxygen atoms in total. The van der Waals surface area contributed by atoms with Gasteiger partial charge in [-0.05, 0) is 48.9 Å². The van der Waals surface area contributed by atoms with Crippen molar-refractivity contribution in [2.45, 2.75) is 45.5 Å². The van der Waals surface area contributed by atoms with Crippen molar-refractivity contribution in [2.75, 3.05) is 6.54 Å². The lowest BCUT2D eigenvalue weighted by Gasteiger charge is -2.26. The van der Waals surface area contributed by atoms with E-state index in [2.05, 4.69) is 17.0 Å². The van der Waals surface area contributed by atoms with Gasteiger partial charge in [0.2, 0.25) is 0 Å². The molecule has 2 rings (SSSR count). The van der Waals surface area contributed by atoms with Crippen molar-refractivity contribution in [2.24, 2.45) is 11.8 Å². The molecular weight excluding hydrogens is 279 g/mol. The third-order valence-electron chi connectivity index (χ3n) is 4.05. The highest BCUT2D eigenvalue weighted by Gasteiger charge is 2.30. The molecule has 0 bridgehead atoms. The van der Waals surface area contributed by atoms with Gasteiger partial charge in [-0.15, -0.1) is 13.2 Å². The van der Waals surface area contributed by atoms with Crippen LogP contribution < -0.4 is 10.1 Å². The molecule has 0 aromatic heterocycles. The molecule has 1 saturated carbocycles. The van der Waals surface area contributed by atoms with Crippen LogP contribution in [0.1, 0.15) is 38.2 Å². The van der Waals surface area contributed by atoms with Gasteiger partial charge in [0, 0.05) is 6.54 Å². The van der Waals surface area contributed by atoms with E-state index in [0.717, 1.165) is 23.9 Å². The Hall–Kier alpha value is -1.23. The molecule has 21 heavy (non-hydrogen) atoms. The predicted octanol–water partition coefficient (Wildman–Crippen LogP) is 4.50. The van der Waals surface area contributed by atoms with E-state index in [1.54, 1.807) is 12.1 Å². The molecule has 1 aliphatic rings. The van der Waals surface area contributed by atoms with Gasteiger partial charge < -0.3 is 10.1 Å². The van der Waals surface area contributed by atoms with Gasteiger partial charge in [0.25, 0.3) is 0 Å². The SMILES string of the molecule is CC1CCC(CNCc2ccc(OC(F)(F)F)cc2)CC1. The summed E-state index contributed by atoms with van der Waals surface area (Å²) in [5.41, 5.74) is 0.966. The average molecular weight is 301 g/mol. The lowest BCUT2D eigenvalue weighted by molar-refractivity contribution is -0.274. The van der Waals surface area contributed by atoms with Crippen molar-refractivity contribution < 1.29 is 17.9 Å². The van der Waals surface area contributed by atoms with Gasteiger partial charge in [0.1, 0.15) is 5.75 Å². The summed E-state index contributed by atoms with van der Waals surface area (Å²) < 4.78 is 40.0. The first kappa shape index (κ1) is 16.1. The molecule has 0 spiro atoms. The summed E-state index contributed by atoms with van der Waals surface area (Å²) in [6.45, 7) is 3.96. The summed E-state index contributed by atoms with van der Waals surface area (Å²) in [6, 6.07) is 6.04. The summed E-state index contributed by atoms with van der Waals surface area (Å²) in [5.74, 6) is 1.41. The number of hydrogen-bond donors (Lipinski definition) is 1. The number of halogens is 3. The third kappa shape index (κ3) is 5.96. The van der Waals surface area contributed by atoms with E-state index in [1.165, 1.54) is 37.8 Å². The molecule has 0 atom stereocenters. The molecule has 1 aliphatic carbocycles. The molecule has 1 N–H and O–H groups in total. The monoisotopic (exact) mass is 301 g/mol. The van der Waals surface area contributed by atoms with E-state index >= 15 is 0 Å². The summed E-state index contributed by atoms with van der Waals surface area (Å²) in [5, 5.41) is 3.39. The van der Waals surface area contributed by atoms with E-state index < -0.39 is 6.36 Å². The minimum Gasteiger partial charge on any atom is -0.406 e. The molecule has 0 unspecified atom stereocenters. The molecular formula is C16H22F3NO. The van der Waals surface area contributed by atoms with Crippen LogP contribution in [-0.2, 0) is 6.54 Å². The Morgan fingerprint density at radius 3 is 2.29 bits per heavy atom. The first-order valence-corrected chi connectivity index (χ1v) is 7.48. The van der Waals surface area contributed by atoms with Crippen molar-refractivity contribution in [3.63, 3.8) is 0 Å². The van der Waals surface area contributed by atoms with Crippen molar-refractivity contribution in [3.8, 4) is 5.75 Å². The number of hydrogen-bond acceptors (Lipinski definition) is 2. The van der Waals surface area contributed by atoms with Crippen molar-refractivity contribution >= 4 is 0 Å². The van der Waals surface area contributed by atoms with Gasteiger partial charge in [-0.2, -0.15) is 0 Å². The molecule has 118 valence electrons. The smallest absolute Gasteiger partial charge is 0.406 e. The molecule has 1 aromatic carbocycles. The topological polar surface area (TPSA) is 21.3 Å². The van der Waals surface area contributed by atoms with Crippen LogP contribution in [0.2, 0.25) is 0 Å². The van der Waals surface area contributed by atoms with E-state index in [9.17, 15) is 13.2 Å². The van der Waals surface area contributed by atoms with Gasteiger partial charge in [0.15, 0.2) is 0 Å². The number of nitrogens with one attached hydrogen (secondary N) is 1. The van der Waals surface area contributed by atoms with Crippen LogP contribution in [0, 0.1) is 11.8 Å². The highest BCUT2D eigenvalue weighted by Crippen LogP contribution is 2.27. The van der Waals surface area contributed by atoms with Crippen LogP contribution in [0.5, 0.6) is 5.75 Å². The lowest BCUT2D eigenvalue weighted by Crippen LogP contribution is -2.25. The fraction of sp³-hybridized carbons (Fsp3) is 0.625. The highest BCUT2D eigenvalue weighted by atomic mass is 19.4. The zero-order valence-corrected chi connectivity index (χ0v) is 12.2. The maximum Gasteiger partial charge on any atom is 0.573 e. The third-order valence-corrected chi connectivity index (χ3v) is 4.05. The molecule has 0 radical (unpaired) electrons. The van der Waals surface area contributed by atoms with Crippen LogP contribution in [-0.4, -0.2) is 12.9 Å². The highest BCUT2D eigenvalue weighted by molar-refractivity contribution is 5.27. The maximum atomic E-state index is 12.0. The van der Waals surface area contributed by atoms with Crippen molar-refractivity contribution in [1.82, 2.24) is 5.32 Å². The molecule has 0 heterocycles. The minimum atomic E-state index is -4.63. The van der Waals surface area contributed by atoms with E-state index in [0.29, 0.717) is 6.54 Å². The largest absolute Gasteiger partial charge is 0.573 e. The standard InChI is InChI=1S/C16H22F3NO/c1-12-2-4-13(5-3-12)10-20-11-14-6-8-15(9-7-14)21-16(17,18)19/h6-9,12-13,20H,2-5,10-11H2,1H3. The van der Waals surface area contributed by atoms with Gasteiger partial charge in [-0.25, -0.2) is 0 Å². The fourth-order valence-electron chi connectivity index (χ4n) is 2.76. The van der Waals surface area contributed by atoms with Gasteiger partial charge >= 0.3 is 6.36 Å². The zero-order valence-electron chi connectivity index (χ0n) is 12.2. The molecule has 0 amide bonds. The van der Waals surface area contributed by atoms with E-state index in [4.69, 9.17) is 0 Å². The van der Waals surface area contributed by atoms with Gasteiger partial charge in [-0.3, -0.25) is 0 Å². The first-order valence-electron chi connectivity index (χ1n) is 7.48. The minimum absolute atomic E-state index is 0.174. The maximum absolute atomic E-state index is 12.0. The van der Waals surface area contributed by atoms with Crippen LogP contribution in [0.15, 0.2) is 24.3 Å². The Morgan fingerprint density at radius 2 is 1.71 bits per heavy atom. The molecule has 0 aliphatic heterocycles.